The molecule has 1 aromatic rings. The van der Waals surface area contributed by atoms with Crippen LogP contribution in [0.15, 0.2) is 24.4 Å². The lowest BCUT2D eigenvalue weighted by Gasteiger charge is -2.17. The smallest absolute Gasteiger partial charge is 0.322 e. The summed E-state index contributed by atoms with van der Waals surface area (Å²) < 4.78 is 0. The summed E-state index contributed by atoms with van der Waals surface area (Å²) in [6.07, 6.45) is 1.63. The molecule has 0 saturated carbocycles. The lowest BCUT2D eigenvalue weighted by Crippen LogP contribution is -2.44. The average molecular weight is 195 g/mol. The molecule has 5 nitrogen and oxygen atoms in total. The van der Waals surface area contributed by atoms with Crippen LogP contribution in [0.25, 0.3) is 0 Å². The van der Waals surface area contributed by atoms with Crippen LogP contribution < -0.4 is 11.1 Å². The molecule has 5 heteroatoms. The fourth-order valence-corrected chi connectivity index (χ4v) is 0.985. The van der Waals surface area contributed by atoms with Crippen LogP contribution in [0.2, 0.25) is 0 Å². The first-order valence-corrected chi connectivity index (χ1v) is 4.27. The standard InChI is InChI=1S/C9H13N3O2/c1-6(8(10)9(13)14)12-7-4-2-3-5-11-7/h2-6,8H,10H2,1H3,(H,11,12)(H,13,14)/t6-,8-/m1/s1. The van der Waals surface area contributed by atoms with Gasteiger partial charge in [0.05, 0.1) is 6.04 Å². The van der Waals surface area contributed by atoms with Crippen LogP contribution in [0.5, 0.6) is 0 Å². The Hall–Kier alpha value is -1.62. The molecule has 0 bridgehead atoms. The van der Waals surface area contributed by atoms with Crippen LogP contribution in [-0.4, -0.2) is 28.1 Å². The highest BCUT2D eigenvalue weighted by atomic mass is 16.4. The Bertz CT molecular complexity index is 302. The number of nitrogens with two attached hydrogens (primary N) is 1. The van der Waals surface area contributed by atoms with E-state index < -0.39 is 12.0 Å². The first-order valence-electron chi connectivity index (χ1n) is 4.27. The number of hydrogen-bond acceptors (Lipinski definition) is 4. The van der Waals surface area contributed by atoms with Gasteiger partial charge in [0.1, 0.15) is 11.9 Å². The molecule has 0 fully saturated rings. The third-order valence-corrected chi connectivity index (χ3v) is 1.86. The van der Waals surface area contributed by atoms with Crippen molar-refractivity contribution in [1.29, 1.82) is 0 Å². The Labute approximate surface area is 82.0 Å². The first kappa shape index (κ1) is 10.5. The third-order valence-electron chi connectivity index (χ3n) is 1.86. The Morgan fingerprint density at radius 1 is 1.64 bits per heavy atom. The first-order chi connectivity index (χ1) is 6.61. The summed E-state index contributed by atoms with van der Waals surface area (Å²) in [5.41, 5.74) is 5.42. The van der Waals surface area contributed by atoms with Gasteiger partial charge in [-0.25, -0.2) is 4.98 Å². The van der Waals surface area contributed by atoms with E-state index in [-0.39, 0.29) is 6.04 Å². The number of carboxylic acids is 1. The van der Waals surface area contributed by atoms with Gasteiger partial charge in [-0.1, -0.05) is 6.07 Å². The molecule has 76 valence electrons. The molecule has 0 aromatic carbocycles. The van der Waals surface area contributed by atoms with Crippen molar-refractivity contribution in [2.24, 2.45) is 5.73 Å². The van der Waals surface area contributed by atoms with Gasteiger partial charge in [0.2, 0.25) is 0 Å². The molecule has 1 aromatic heterocycles. The summed E-state index contributed by atoms with van der Waals surface area (Å²) in [4.78, 5) is 14.5. The third kappa shape index (κ3) is 2.70. The summed E-state index contributed by atoms with van der Waals surface area (Å²) in [6, 6.07) is 4.06. The molecule has 0 unspecified atom stereocenters. The topological polar surface area (TPSA) is 88.2 Å². The van der Waals surface area contributed by atoms with Crippen molar-refractivity contribution in [3.8, 4) is 0 Å². The van der Waals surface area contributed by atoms with E-state index in [0.29, 0.717) is 5.82 Å². The number of anilines is 1. The lowest BCUT2D eigenvalue weighted by atomic mass is 10.1. The quantitative estimate of drug-likeness (QED) is 0.642. The van der Waals surface area contributed by atoms with Crippen molar-refractivity contribution in [2.45, 2.75) is 19.0 Å². The van der Waals surface area contributed by atoms with E-state index in [9.17, 15) is 4.79 Å². The van der Waals surface area contributed by atoms with Crippen LogP contribution in [0.4, 0.5) is 5.82 Å². The number of nitrogens with zero attached hydrogens (tertiary/aromatic N) is 1. The predicted molar refractivity (Wildman–Crippen MR) is 52.9 cm³/mol. The molecule has 1 heterocycles. The molecule has 0 aliphatic rings. The molecular weight excluding hydrogens is 182 g/mol. The normalized spacial score (nSPS) is 14.4. The van der Waals surface area contributed by atoms with Crippen molar-refractivity contribution >= 4 is 11.8 Å². The maximum absolute atomic E-state index is 10.5. The zero-order valence-electron chi connectivity index (χ0n) is 7.84. The van der Waals surface area contributed by atoms with Crippen molar-refractivity contribution in [1.82, 2.24) is 4.98 Å². The highest BCUT2D eigenvalue weighted by Gasteiger charge is 2.19. The van der Waals surface area contributed by atoms with Crippen LogP contribution in [0.3, 0.4) is 0 Å². The van der Waals surface area contributed by atoms with Gasteiger partial charge >= 0.3 is 5.97 Å². The molecule has 0 spiro atoms. The summed E-state index contributed by atoms with van der Waals surface area (Å²) >= 11 is 0. The van der Waals surface area contributed by atoms with Gasteiger partial charge < -0.3 is 16.2 Å². The number of nitrogens with one attached hydrogen (secondary N) is 1. The predicted octanol–water partition coefficient (Wildman–Crippen LogP) is 0.294. The molecular formula is C9H13N3O2. The highest BCUT2D eigenvalue weighted by molar-refractivity contribution is 5.74. The fraction of sp³-hybridized carbons (Fsp3) is 0.333. The van der Waals surface area contributed by atoms with Gasteiger partial charge in [0.15, 0.2) is 0 Å². The Morgan fingerprint density at radius 2 is 2.36 bits per heavy atom. The number of carbonyl (C=O) groups is 1. The minimum atomic E-state index is -1.03. The van der Waals surface area contributed by atoms with E-state index in [4.69, 9.17) is 10.8 Å². The zero-order valence-corrected chi connectivity index (χ0v) is 7.84. The van der Waals surface area contributed by atoms with Gasteiger partial charge in [-0.05, 0) is 19.1 Å². The van der Waals surface area contributed by atoms with E-state index >= 15 is 0 Å². The second kappa shape index (κ2) is 4.57. The molecule has 0 amide bonds. The van der Waals surface area contributed by atoms with E-state index in [0.717, 1.165) is 0 Å². The summed E-state index contributed by atoms with van der Waals surface area (Å²) in [5, 5.41) is 11.6. The zero-order chi connectivity index (χ0) is 10.6. The second-order valence-corrected chi connectivity index (χ2v) is 3.01. The number of pyridine rings is 1. The Morgan fingerprint density at radius 3 is 2.86 bits per heavy atom. The van der Waals surface area contributed by atoms with E-state index in [1.165, 1.54) is 0 Å². The molecule has 2 atom stereocenters. The average Bonchev–Trinajstić information content (AvgIpc) is 2.18. The molecule has 4 N–H and O–H groups in total. The Kier molecular flexibility index (Phi) is 3.41. The van der Waals surface area contributed by atoms with Crippen LogP contribution >= 0.6 is 0 Å². The molecule has 0 aliphatic carbocycles. The minimum absolute atomic E-state index is 0.359. The number of aromatic nitrogens is 1. The van der Waals surface area contributed by atoms with E-state index in [2.05, 4.69) is 10.3 Å². The van der Waals surface area contributed by atoms with Gasteiger partial charge in [-0.15, -0.1) is 0 Å². The second-order valence-electron chi connectivity index (χ2n) is 3.01. The van der Waals surface area contributed by atoms with Gasteiger partial charge in [0.25, 0.3) is 0 Å². The van der Waals surface area contributed by atoms with Crippen molar-refractivity contribution in [3.05, 3.63) is 24.4 Å². The van der Waals surface area contributed by atoms with Gasteiger partial charge in [0, 0.05) is 6.20 Å². The van der Waals surface area contributed by atoms with Crippen molar-refractivity contribution in [2.75, 3.05) is 5.32 Å². The molecule has 14 heavy (non-hydrogen) atoms. The van der Waals surface area contributed by atoms with Crippen LogP contribution in [0, 0.1) is 0 Å². The highest BCUT2D eigenvalue weighted by Crippen LogP contribution is 2.04. The van der Waals surface area contributed by atoms with E-state index in [1.807, 2.05) is 6.07 Å². The maximum atomic E-state index is 10.5. The monoisotopic (exact) mass is 195 g/mol. The molecule has 0 radical (unpaired) electrons. The fourth-order valence-electron chi connectivity index (χ4n) is 0.985. The lowest BCUT2D eigenvalue weighted by molar-refractivity contribution is -0.138. The number of aliphatic carboxylic acids is 1. The Balaban J connectivity index is 2.57. The van der Waals surface area contributed by atoms with Crippen LogP contribution in [-0.2, 0) is 4.79 Å². The number of hydrogen-bond donors (Lipinski definition) is 3. The largest absolute Gasteiger partial charge is 0.480 e. The summed E-state index contributed by atoms with van der Waals surface area (Å²) in [7, 11) is 0. The molecule has 0 aliphatic heterocycles. The molecule has 0 saturated heterocycles. The van der Waals surface area contributed by atoms with E-state index in [1.54, 1.807) is 25.3 Å². The molecule has 1 rings (SSSR count). The van der Waals surface area contributed by atoms with Crippen molar-refractivity contribution in [3.63, 3.8) is 0 Å². The van der Waals surface area contributed by atoms with Gasteiger partial charge in [-0.3, -0.25) is 4.79 Å². The minimum Gasteiger partial charge on any atom is -0.480 e. The van der Waals surface area contributed by atoms with Crippen molar-refractivity contribution < 1.29 is 9.90 Å². The summed E-state index contributed by atoms with van der Waals surface area (Å²) in [5.74, 6) is -0.405. The SMILES string of the molecule is C[C@@H](Nc1ccccn1)[C@@H](N)C(=O)O. The van der Waals surface area contributed by atoms with Gasteiger partial charge in [-0.2, -0.15) is 0 Å². The maximum Gasteiger partial charge on any atom is 0.322 e. The summed E-state index contributed by atoms with van der Waals surface area (Å²) in [6.45, 7) is 1.70. The van der Waals surface area contributed by atoms with Crippen LogP contribution in [0.1, 0.15) is 6.92 Å². The number of carboxylic acid groups (broad SMARTS) is 1. The number of rotatable bonds is 4.